The van der Waals surface area contributed by atoms with Crippen LogP contribution >= 0.6 is 39.9 Å². The molecule has 0 unspecified atom stereocenters. The van der Waals surface area contributed by atoms with E-state index in [1.54, 1.807) is 0 Å². The van der Waals surface area contributed by atoms with E-state index in [4.69, 9.17) is 16.3 Å². The first-order valence-electron chi connectivity index (χ1n) is 6.43. The maximum atomic E-state index is 6.50. The molecule has 19 heavy (non-hydrogen) atoms. The molecule has 0 N–H and O–H groups in total. The monoisotopic (exact) mass is 561 g/mol. The summed E-state index contributed by atoms with van der Waals surface area (Å²) in [5, 5.41) is 0. The van der Waals surface area contributed by atoms with Gasteiger partial charge >= 0.3 is 142 Å². The number of thiocarbonyl (C=S) groups is 1. The van der Waals surface area contributed by atoms with Gasteiger partial charge in [0.25, 0.3) is 0 Å². The van der Waals surface area contributed by atoms with Gasteiger partial charge in [0.05, 0.1) is 0 Å². The van der Waals surface area contributed by atoms with Gasteiger partial charge in [0.2, 0.25) is 0 Å². The first-order valence-corrected chi connectivity index (χ1v) is 26.7. The van der Waals surface area contributed by atoms with Gasteiger partial charge < -0.3 is 0 Å². The standard InChI is InChI=1S/C11H22INOS2Si2Te/c1-17(2)9-19(12,10-18(3,4)14-17)16-11(15)13-7-5-6-8-13/h5-6H,7-10H2,1-4H3. The predicted octanol–water partition coefficient (Wildman–Crippen LogP) is 4.27. The SMILES string of the molecule is C[Si]1(C)C[Te](I)(SC(=S)N2CC=CC2)C[Si](C)(C)O1. The molecule has 0 bridgehead atoms. The topological polar surface area (TPSA) is 12.5 Å². The minimum atomic E-state index is -1.96. The first-order chi connectivity index (χ1) is 8.61. The van der Waals surface area contributed by atoms with Crippen LogP contribution in [0.1, 0.15) is 0 Å². The zero-order valence-corrected chi connectivity index (χ0v) is 20.1. The Bertz CT molecular complexity index is 395. The number of nitrogens with zero attached hydrogens (tertiary/aromatic N) is 1. The Morgan fingerprint density at radius 2 is 1.68 bits per heavy atom. The molecule has 0 aromatic heterocycles. The molecule has 1 fully saturated rings. The van der Waals surface area contributed by atoms with Crippen LogP contribution in [0.4, 0.5) is 0 Å². The third-order valence-electron chi connectivity index (χ3n) is 2.98. The summed E-state index contributed by atoms with van der Waals surface area (Å²) < 4.78 is 10.4. The summed E-state index contributed by atoms with van der Waals surface area (Å²) in [5.41, 5.74) is 0. The zero-order chi connectivity index (χ0) is 14.3. The molecule has 2 nitrogen and oxygen atoms in total. The molecule has 2 rings (SSSR count). The molecule has 0 spiro atoms. The van der Waals surface area contributed by atoms with Crippen molar-refractivity contribution in [1.82, 2.24) is 4.90 Å². The summed E-state index contributed by atoms with van der Waals surface area (Å²) >= 11 is 6.59. The van der Waals surface area contributed by atoms with E-state index in [1.165, 1.54) is 8.18 Å². The Kier molecular flexibility index (Phi) is 5.61. The van der Waals surface area contributed by atoms with Crippen molar-refractivity contribution >= 4 is 73.7 Å². The molecule has 2 heterocycles. The van der Waals surface area contributed by atoms with Crippen molar-refractivity contribution in [3.63, 3.8) is 0 Å². The molecule has 8 heteroatoms. The van der Waals surface area contributed by atoms with Gasteiger partial charge in [0.1, 0.15) is 0 Å². The number of rotatable bonds is 1. The third kappa shape index (κ3) is 4.94. The Labute approximate surface area is 140 Å². The van der Waals surface area contributed by atoms with Crippen molar-refractivity contribution in [2.45, 2.75) is 34.4 Å². The van der Waals surface area contributed by atoms with E-state index in [2.05, 4.69) is 70.9 Å². The van der Waals surface area contributed by atoms with Gasteiger partial charge in [-0.1, -0.05) is 0 Å². The number of halogens is 1. The third-order valence-corrected chi connectivity index (χ3v) is 55.9. The van der Waals surface area contributed by atoms with E-state index in [-0.39, 0.29) is 0 Å². The number of hydrogen-bond acceptors (Lipinski definition) is 3. The second-order valence-electron chi connectivity index (χ2n) is 6.36. The normalized spacial score (nSPS) is 29.2. The molecule has 0 atom stereocenters. The summed E-state index contributed by atoms with van der Waals surface area (Å²) in [6, 6.07) is 0. The van der Waals surface area contributed by atoms with E-state index >= 15 is 0 Å². The fourth-order valence-electron chi connectivity index (χ4n) is 2.76. The van der Waals surface area contributed by atoms with Crippen LogP contribution in [0.3, 0.4) is 0 Å². The van der Waals surface area contributed by atoms with E-state index in [0.717, 1.165) is 17.4 Å². The van der Waals surface area contributed by atoms with Gasteiger partial charge in [0, 0.05) is 0 Å². The molecule has 0 aromatic carbocycles. The fourth-order valence-corrected chi connectivity index (χ4v) is 92.5. The van der Waals surface area contributed by atoms with Gasteiger partial charge in [0.15, 0.2) is 0 Å². The average molecular weight is 559 g/mol. The molecule has 1 saturated heterocycles. The van der Waals surface area contributed by atoms with E-state index < -0.39 is 29.5 Å². The van der Waals surface area contributed by atoms with Crippen LogP contribution in [-0.2, 0) is 4.12 Å². The molecule has 0 amide bonds. The molecule has 2 aliphatic heterocycles. The molecule has 0 saturated carbocycles. The van der Waals surface area contributed by atoms with Crippen LogP contribution < -0.4 is 0 Å². The average Bonchev–Trinajstić information content (AvgIpc) is 2.61. The van der Waals surface area contributed by atoms with Crippen molar-refractivity contribution in [2.75, 3.05) is 13.1 Å². The van der Waals surface area contributed by atoms with Gasteiger partial charge in [-0.25, -0.2) is 0 Å². The first kappa shape index (κ1) is 17.3. The summed E-state index contributed by atoms with van der Waals surface area (Å²) in [6.07, 6.45) is 4.45. The predicted molar refractivity (Wildman–Crippen MR) is 106 cm³/mol. The zero-order valence-electron chi connectivity index (χ0n) is 11.9. The van der Waals surface area contributed by atoms with Crippen LogP contribution in [0, 0.1) is 0 Å². The van der Waals surface area contributed by atoms with Crippen molar-refractivity contribution < 1.29 is 4.12 Å². The Morgan fingerprint density at radius 3 is 2.16 bits per heavy atom. The van der Waals surface area contributed by atoms with E-state index in [1.807, 2.05) is 0 Å². The molecular weight excluding hydrogens is 537 g/mol. The summed E-state index contributed by atoms with van der Waals surface area (Å²) in [4.78, 5) is 2.34. The number of hydrogen-bond donors (Lipinski definition) is 0. The molecule has 2 aliphatic rings. The minimum absolute atomic E-state index is 1.01. The molecule has 0 aliphatic carbocycles. The van der Waals surface area contributed by atoms with Gasteiger partial charge in [-0.3, -0.25) is 0 Å². The van der Waals surface area contributed by atoms with Crippen LogP contribution in [-0.4, -0.2) is 51.8 Å². The molecule has 0 radical (unpaired) electrons. The van der Waals surface area contributed by atoms with Gasteiger partial charge in [-0.2, -0.15) is 0 Å². The van der Waals surface area contributed by atoms with Crippen LogP contribution in [0.5, 0.6) is 0 Å². The fraction of sp³-hybridized carbons (Fsp3) is 0.727. The summed E-state index contributed by atoms with van der Waals surface area (Å²) in [7, 11) is -0.779. The van der Waals surface area contributed by atoms with Gasteiger partial charge in [-0.05, 0) is 0 Å². The quantitative estimate of drug-likeness (QED) is 0.206. The summed E-state index contributed by atoms with van der Waals surface area (Å²) in [6.45, 7) is 11.6. The van der Waals surface area contributed by atoms with Crippen LogP contribution in [0.15, 0.2) is 12.2 Å². The summed E-state index contributed by atoms with van der Waals surface area (Å²) in [5.74, 6) is 0. The van der Waals surface area contributed by atoms with Crippen molar-refractivity contribution in [2.24, 2.45) is 0 Å². The second kappa shape index (κ2) is 6.18. The van der Waals surface area contributed by atoms with Crippen molar-refractivity contribution in [3.05, 3.63) is 12.2 Å². The Hall–Kier alpha value is 1.89. The second-order valence-corrected chi connectivity index (χ2v) is 46.1. The van der Waals surface area contributed by atoms with Gasteiger partial charge in [-0.15, -0.1) is 0 Å². The molecule has 0 aromatic rings. The Morgan fingerprint density at radius 1 is 1.21 bits per heavy atom. The van der Waals surface area contributed by atoms with E-state index in [9.17, 15) is 0 Å². The molecule has 110 valence electrons. The van der Waals surface area contributed by atoms with E-state index in [0.29, 0.717) is 0 Å². The van der Waals surface area contributed by atoms with Crippen LogP contribution in [0.2, 0.25) is 34.4 Å². The van der Waals surface area contributed by atoms with Crippen molar-refractivity contribution in [3.8, 4) is 0 Å². The van der Waals surface area contributed by atoms with Crippen LogP contribution in [0.25, 0.3) is 0 Å². The Balaban J connectivity index is 2.06. The maximum absolute atomic E-state index is 6.50. The van der Waals surface area contributed by atoms with Crippen molar-refractivity contribution in [1.29, 1.82) is 0 Å². The molecular formula is C11H22INOS2Si2Te.